The van der Waals surface area contributed by atoms with Gasteiger partial charge in [-0.25, -0.2) is 0 Å². The van der Waals surface area contributed by atoms with Gasteiger partial charge >= 0.3 is 0 Å². The van der Waals surface area contributed by atoms with E-state index in [1.54, 1.807) is 20.4 Å². The maximum absolute atomic E-state index is 5.39. The van der Waals surface area contributed by atoms with Crippen LogP contribution in [0.3, 0.4) is 0 Å². The molecule has 0 spiro atoms. The SMILES string of the molecule is COc1cccc(CNCCn2cccn2)c1OC. The van der Waals surface area contributed by atoms with Crippen molar-refractivity contribution in [1.82, 2.24) is 15.1 Å². The lowest BCUT2D eigenvalue weighted by atomic mass is 10.2. The first-order valence-corrected chi connectivity index (χ1v) is 6.23. The van der Waals surface area contributed by atoms with Crippen LogP contribution >= 0.6 is 0 Å². The fourth-order valence-corrected chi connectivity index (χ4v) is 1.94. The zero-order valence-corrected chi connectivity index (χ0v) is 11.3. The van der Waals surface area contributed by atoms with Crippen molar-refractivity contribution < 1.29 is 9.47 Å². The van der Waals surface area contributed by atoms with Crippen LogP contribution in [0, 0.1) is 0 Å². The number of ether oxygens (including phenoxy) is 2. The summed E-state index contributed by atoms with van der Waals surface area (Å²) in [5.74, 6) is 1.55. The third-order valence-corrected chi connectivity index (χ3v) is 2.88. The van der Waals surface area contributed by atoms with E-state index in [-0.39, 0.29) is 0 Å². The van der Waals surface area contributed by atoms with Crippen LogP contribution < -0.4 is 14.8 Å². The van der Waals surface area contributed by atoms with Gasteiger partial charge in [0, 0.05) is 31.0 Å². The molecule has 19 heavy (non-hydrogen) atoms. The minimum absolute atomic E-state index is 0.738. The van der Waals surface area contributed by atoms with E-state index < -0.39 is 0 Å². The Balaban J connectivity index is 1.88. The molecule has 0 fully saturated rings. The molecule has 5 heteroatoms. The predicted octanol–water partition coefficient (Wildman–Crippen LogP) is 1.69. The average molecular weight is 261 g/mol. The summed E-state index contributed by atoms with van der Waals surface area (Å²) in [5, 5.41) is 7.52. The summed E-state index contributed by atoms with van der Waals surface area (Å²) in [6.07, 6.45) is 3.74. The molecule has 0 atom stereocenters. The van der Waals surface area contributed by atoms with Gasteiger partial charge in [-0.1, -0.05) is 12.1 Å². The monoisotopic (exact) mass is 261 g/mol. The summed E-state index contributed by atoms with van der Waals surface area (Å²) in [7, 11) is 3.30. The number of para-hydroxylation sites is 1. The summed E-state index contributed by atoms with van der Waals surface area (Å²) >= 11 is 0. The molecule has 0 aliphatic rings. The standard InChI is InChI=1S/C14H19N3O2/c1-18-13-6-3-5-12(14(13)19-2)11-15-8-10-17-9-4-7-16-17/h3-7,9,15H,8,10-11H2,1-2H3. The highest BCUT2D eigenvalue weighted by Gasteiger charge is 2.08. The van der Waals surface area contributed by atoms with Gasteiger partial charge in [0.05, 0.1) is 20.8 Å². The van der Waals surface area contributed by atoms with Gasteiger partial charge in [-0.05, 0) is 12.1 Å². The molecular weight excluding hydrogens is 242 g/mol. The molecule has 2 aromatic rings. The van der Waals surface area contributed by atoms with Crippen molar-refractivity contribution in [3.63, 3.8) is 0 Å². The molecule has 1 aromatic carbocycles. The summed E-state index contributed by atoms with van der Waals surface area (Å²) in [6, 6.07) is 7.81. The molecule has 0 saturated heterocycles. The highest BCUT2D eigenvalue weighted by Crippen LogP contribution is 2.30. The van der Waals surface area contributed by atoms with Crippen LogP contribution in [-0.2, 0) is 13.1 Å². The number of nitrogens with zero attached hydrogens (tertiary/aromatic N) is 2. The Bertz CT molecular complexity index is 497. The Kier molecular flexibility index (Phi) is 4.80. The second-order valence-electron chi connectivity index (χ2n) is 4.10. The number of methoxy groups -OCH3 is 2. The van der Waals surface area contributed by atoms with E-state index in [0.717, 1.165) is 36.7 Å². The van der Waals surface area contributed by atoms with Crippen LogP contribution in [0.15, 0.2) is 36.7 Å². The normalized spacial score (nSPS) is 10.4. The van der Waals surface area contributed by atoms with Crippen LogP contribution in [0.4, 0.5) is 0 Å². The smallest absolute Gasteiger partial charge is 0.165 e. The van der Waals surface area contributed by atoms with Crippen molar-refractivity contribution >= 4 is 0 Å². The molecule has 0 amide bonds. The summed E-state index contributed by atoms with van der Waals surface area (Å²) in [5.41, 5.74) is 1.09. The van der Waals surface area contributed by atoms with E-state index in [1.807, 2.05) is 35.1 Å². The van der Waals surface area contributed by atoms with E-state index in [1.165, 1.54) is 0 Å². The Hall–Kier alpha value is -2.01. The minimum atomic E-state index is 0.738. The zero-order chi connectivity index (χ0) is 13.5. The van der Waals surface area contributed by atoms with Gasteiger partial charge in [0.25, 0.3) is 0 Å². The van der Waals surface area contributed by atoms with Crippen molar-refractivity contribution in [2.75, 3.05) is 20.8 Å². The molecular formula is C14H19N3O2. The lowest BCUT2D eigenvalue weighted by molar-refractivity contribution is 0.350. The van der Waals surface area contributed by atoms with Gasteiger partial charge in [0.2, 0.25) is 0 Å². The number of hydrogen-bond donors (Lipinski definition) is 1. The molecule has 1 N–H and O–H groups in total. The fourth-order valence-electron chi connectivity index (χ4n) is 1.94. The maximum Gasteiger partial charge on any atom is 0.165 e. The number of rotatable bonds is 7. The van der Waals surface area contributed by atoms with Crippen LogP contribution in [0.1, 0.15) is 5.56 Å². The minimum Gasteiger partial charge on any atom is -0.493 e. The first-order valence-electron chi connectivity index (χ1n) is 6.23. The zero-order valence-electron chi connectivity index (χ0n) is 11.3. The van der Waals surface area contributed by atoms with E-state index in [0.29, 0.717) is 0 Å². The van der Waals surface area contributed by atoms with Crippen molar-refractivity contribution in [2.45, 2.75) is 13.1 Å². The Morgan fingerprint density at radius 3 is 2.79 bits per heavy atom. The second-order valence-corrected chi connectivity index (χ2v) is 4.10. The lowest BCUT2D eigenvalue weighted by Crippen LogP contribution is -2.20. The second kappa shape index (κ2) is 6.80. The van der Waals surface area contributed by atoms with E-state index in [4.69, 9.17) is 9.47 Å². The molecule has 0 aliphatic heterocycles. The van der Waals surface area contributed by atoms with E-state index >= 15 is 0 Å². The van der Waals surface area contributed by atoms with Gasteiger partial charge in [-0.3, -0.25) is 4.68 Å². The topological polar surface area (TPSA) is 48.3 Å². The lowest BCUT2D eigenvalue weighted by Gasteiger charge is -2.13. The van der Waals surface area contributed by atoms with Crippen molar-refractivity contribution in [3.8, 4) is 11.5 Å². The van der Waals surface area contributed by atoms with Gasteiger partial charge in [-0.15, -0.1) is 0 Å². The summed E-state index contributed by atoms with van der Waals surface area (Å²) in [6.45, 7) is 2.43. The molecule has 0 aliphatic carbocycles. The highest BCUT2D eigenvalue weighted by atomic mass is 16.5. The molecule has 0 unspecified atom stereocenters. The number of benzene rings is 1. The Morgan fingerprint density at radius 2 is 2.11 bits per heavy atom. The molecule has 102 valence electrons. The summed E-state index contributed by atoms with van der Waals surface area (Å²) < 4.78 is 12.6. The van der Waals surface area contributed by atoms with Crippen molar-refractivity contribution in [1.29, 1.82) is 0 Å². The van der Waals surface area contributed by atoms with Crippen LogP contribution in [0.5, 0.6) is 11.5 Å². The molecule has 2 rings (SSSR count). The number of nitrogens with one attached hydrogen (secondary N) is 1. The average Bonchev–Trinajstić information content (AvgIpc) is 2.96. The highest BCUT2D eigenvalue weighted by molar-refractivity contribution is 5.46. The third kappa shape index (κ3) is 3.48. The first-order chi connectivity index (χ1) is 9.35. The predicted molar refractivity (Wildman–Crippen MR) is 73.5 cm³/mol. The first kappa shape index (κ1) is 13.4. The quantitative estimate of drug-likeness (QED) is 0.771. The van der Waals surface area contributed by atoms with E-state index in [2.05, 4.69) is 10.4 Å². The van der Waals surface area contributed by atoms with Gasteiger partial charge < -0.3 is 14.8 Å². The Morgan fingerprint density at radius 1 is 1.21 bits per heavy atom. The molecule has 0 saturated carbocycles. The molecule has 0 bridgehead atoms. The number of hydrogen-bond acceptors (Lipinski definition) is 4. The van der Waals surface area contributed by atoms with Crippen LogP contribution in [0.25, 0.3) is 0 Å². The van der Waals surface area contributed by atoms with Gasteiger partial charge in [-0.2, -0.15) is 5.10 Å². The largest absolute Gasteiger partial charge is 0.493 e. The van der Waals surface area contributed by atoms with Crippen molar-refractivity contribution in [3.05, 3.63) is 42.2 Å². The van der Waals surface area contributed by atoms with Crippen LogP contribution in [-0.4, -0.2) is 30.5 Å². The summed E-state index contributed by atoms with van der Waals surface area (Å²) in [4.78, 5) is 0. The molecule has 1 heterocycles. The van der Waals surface area contributed by atoms with Crippen molar-refractivity contribution in [2.24, 2.45) is 0 Å². The van der Waals surface area contributed by atoms with Gasteiger partial charge in [0.1, 0.15) is 0 Å². The molecule has 0 radical (unpaired) electrons. The number of aromatic nitrogens is 2. The molecule has 5 nitrogen and oxygen atoms in total. The fraction of sp³-hybridized carbons (Fsp3) is 0.357. The maximum atomic E-state index is 5.39. The molecule has 1 aromatic heterocycles. The third-order valence-electron chi connectivity index (χ3n) is 2.88. The van der Waals surface area contributed by atoms with E-state index in [9.17, 15) is 0 Å². The van der Waals surface area contributed by atoms with Gasteiger partial charge in [0.15, 0.2) is 11.5 Å². The Labute approximate surface area is 113 Å². The van der Waals surface area contributed by atoms with Crippen LogP contribution in [0.2, 0.25) is 0 Å².